The Balaban J connectivity index is 2.11. The average molecular weight is 284 g/mol. The highest BCUT2D eigenvalue weighted by molar-refractivity contribution is 7.89. The Bertz CT molecular complexity index is 672. The lowest BCUT2D eigenvalue weighted by Crippen LogP contribution is -2.23. The Kier molecular flexibility index (Phi) is 3.74. The smallest absolute Gasteiger partial charge is 0.242 e. The summed E-state index contributed by atoms with van der Waals surface area (Å²) in [5.41, 5.74) is 2.19. The van der Waals surface area contributed by atoms with Crippen molar-refractivity contribution < 1.29 is 13.5 Å². The molecule has 0 aliphatic carbocycles. The first-order valence-corrected chi connectivity index (χ1v) is 7.17. The zero-order chi connectivity index (χ0) is 14.0. The van der Waals surface area contributed by atoms with E-state index < -0.39 is 10.0 Å². The maximum Gasteiger partial charge on any atom is 0.242 e. The molecule has 0 aliphatic rings. The first-order valence-electron chi connectivity index (χ1n) is 5.69. The Labute approximate surface area is 111 Å². The predicted octanol–water partition coefficient (Wildman–Crippen LogP) is 0.0274. The monoisotopic (exact) mass is 284 g/mol. The van der Waals surface area contributed by atoms with Crippen molar-refractivity contribution in [1.82, 2.24) is 19.5 Å². The van der Waals surface area contributed by atoms with Crippen LogP contribution in [-0.2, 0) is 30.2 Å². The van der Waals surface area contributed by atoms with Crippen molar-refractivity contribution in [2.24, 2.45) is 7.05 Å². The van der Waals surface area contributed by atoms with Crippen LogP contribution in [0.3, 0.4) is 0 Å². The molecule has 0 saturated heterocycles. The molecular formula is C11H16N4O3S. The van der Waals surface area contributed by atoms with Crippen molar-refractivity contribution in [1.29, 1.82) is 0 Å². The van der Waals surface area contributed by atoms with Gasteiger partial charge in [0.05, 0.1) is 17.7 Å². The molecule has 3 N–H and O–H groups in total. The Hall–Kier alpha value is -1.64. The van der Waals surface area contributed by atoms with Crippen LogP contribution in [0.1, 0.15) is 17.0 Å². The number of rotatable bonds is 5. The molecule has 0 atom stereocenters. The SMILES string of the molecule is Cc1c(CNS(=O)(=O)c2c[nH]c(CO)c2)cnn1C. The van der Waals surface area contributed by atoms with Crippen LogP contribution in [0.4, 0.5) is 0 Å². The molecule has 0 aromatic carbocycles. The quantitative estimate of drug-likeness (QED) is 0.721. The lowest BCUT2D eigenvalue weighted by Gasteiger charge is -2.04. The molecule has 2 aromatic rings. The van der Waals surface area contributed by atoms with E-state index in [1.54, 1.807) is 17.9 Å². The first-order chi connectivity index (χ1) is 8.94. The molecule has 0 saturated carbocycles. The molecule has 0 spiro atoms. The van der Waals surface area contributed by atoms with Crippen molar-refractivity contribution in [3.05, 3.63) is 35.4 Å². The first kappa shape index (κ1) is 13.8. The molecule has 2 aromatic heterocycles. The van der Waals surface area contributed by atoms with E-state index >= 15 is 0 Å². The van der Waals surface area contributed by atoms with Gasteiger partial charge >= 0.3 is 0 Å². The molecule has 104 valence electrons. The molecule has 0 bridgehead atoms. The van der Waals surface area contributed by atoms with Gasteiger partial charge in [0.15, 0.2) is 0 Å². The highest BCUT2D eigenvalue weighted by Gasteiger charge is 2.16. The lowest BCUT2D eigenvalue weighted by molar-refractivity contribution is 0.277. The van der Waals surface area contributed by atoms with Crippen molar-refractivity contribution in [3.8, 4) is 0 Å². The molecule has 0 amide bonds. The molecule has 2 rings (SSSR count). The summed E-state index contributed by atoms with van der Waals surface area (Å²) in [5, 5.41) is 13.0. The second kappa shape index (κ2) is 5.16. The Morgan fingerprint density at radius 3 is 2.79 bits per heavy atom. The van der Waals surface area contributed by atoms with Gasteiger partial charge in [-0.2, -0.15) is 5.10 Å². The number of aliphatic hydroxyl groups is 1. The fourth-order valence-corrected chi connectivity index (χ4v) is 2.66. The van der Waals surface area contributed by atoms with Crippen LogP contribution in [0.25, 0.3) is 0 Å². The van der Waals surface area contributed by atoms with Crippen LogP contribution in [0.15, 0.2) is 23.4 Å². The molecule has 0 radical (unpaired) electrons. The highest BCUT2D eigenvalue weighted by Crippen LogP contribution is 2.12. The number of hydrogen-bond acceptors (Lipinski definition) is 4. The minimum atomic E-state index is -3.58. The van der Waals surface area contributed by atoms with Gasteiger partial charge in [-0.3, -0.25) is 4.68 Å². The van der Waals surface area contributed by atoms with Crippen LogP contribution < -0.4 is 4.72 Å². The molecule has 0 unspecified atom stereocenters. The minimum Gasteiger partial charge on any atom is -0.390 e. The van der Waals surface area contributed by atoms with Crippen molar-refractivity contribution in [2.75, 3.05) is 0 Å². The van der Waals surface area contributed by atoms with E-state index in [-0.39, 0.29) is 18.0 Å². The van der Waals surface area contributed by atoms with Crippen LogP contribution in [0, 0.1) is 6.92 Å². The van der Waals surface area contributed by atoms with E-state index in [1.807, 2.05) is 6.92 Å². The topological polar surface area (TPSA) is 100 Å². The lowest BCUT2D eigenvalue weighted by atomic mass is 10.3. The number of nitrogens with zero attached hydrogens (tertiary/aromatic N) is 2. The van der Waals surface area contributed by atoms with Gasteiger partial charge < -0.3 is 10.1 Å². The zero-order valence-electron chi connectivity index (χ0n) is 10.7. The summed E-state index contributed by atoms with van der Waals surface area (Å²) in [6.45, 7) is 1.83. The standard InChI is InChI=1S/C11H16N4O3S/c1-8-9(4-13-15(8)2)5-14-19(17,18)11-3-10(7-16)12-6-11/h3-4,6,12,14,16H,5,7H2,1-2H3. The summed E-state index contributed by atoms with van der Waals surface area (Å²) in [6.07, 6.45) is 2.98. The van der Waals surface area contributed by atoms with Gasteiger partial charge in [-0.05, 0) is 13.0 Å². The van der Waals surface area contributed by atoms with E-state index in [4.69, 9.17) is 5.11 Å². The van der Waals surface area contributed by atoms with Gasteiger partial charge in [0.2, 0.25) is 10.0 Å². The van der Waals surface area contributed by atoms with Gasteiger partial charge in [0.25, 0.3) is 0 Å². The highest BCUT2D eigenvalue weighted by atomic mass is 32.2. The number of hydrogen-bond donors (Lipinski definition) is 3. The number of nitrogens with one attached hydrogen (secondary N) is 2. The number of aryl methyl sites for hydroxylation is 1. The van der Waals surface area contributed by atoms with Gasteiger partial charge in [0, 0.05) is 36.7 Å². The minimum absolute atomic E-state index is 0.109. The summed E-state index contributed by atoms with van der Waals surface area (Å²) in [6, 6.07) is 1.40. The normalized spacial score (nSPS) is 11.9. The molecule has 7 nitrogen and oxygen atoms in total. The summed E-state index contributed by atoms with van der Waals surface area (Å²) in [4.78, 5) is 2.80. The largest absolute Gasteiger partial charge is 0.390 e. The van der Waals surface area contributed by atoms with Crippen LogP contribution in [0.2, 0.25) is 0 Å². The van der Waals surface area contributed by atoms with E-state index in [9.17, 15) is 8.42 Å². The summed E-state index contributed by atoms with van der Waals surface area (Å²) >= 11 is 0. The number of aromatic nitrogens is 3. The Morgan fingerprint density at radius 1 is 1.53 bits per heavy atom. The second-order valence-electron chi connectivity index (χ2n) is 4.22. The molecule has 2 heterocycles. The van der Waals surface area contributed by atoms with Crippen molar-refractivity contribution in [3.63, 3.8) is 0 Å². The van der Waals surface area contributed by atoms with E-state index in [0.717, 1.165) is 11.3 Å². The fourth-order valence-electron chi connectivity index (χ4n) is 1.64. The summed E-state index contributed by atoms with van der Waals surface area (Å²) < 4.78 is 28.2. The van der Waals surface area contributed by atoms with Crippen molar-refractivity contribution >= 4 is 10.0 Å². The van der Waals surface area contributed by atoms with E-state index in [1.165, 1.54) is 12.3 Å². The third kappa shape index (κ3) is 2.86. The molecule has 8 heteroatoms. The molecule has 19 heavy (non-hydrogen) atoms. The number of aliphatic hydroxyl groups excluding tert-OH is 1. The maximum atomic E-state index is 12.0. The van der Waals surface area contributed by atoms with Crippen molar-refractivity contribution in [2.45, 2.75) is 25.0 Å². The predicted molar refractivity (Wildman–Crippen MR) is 68.7 cm³/mol. The number of H-pyrrole nitrogens is 1. The fraction of sp³-hybridized carbons (Fsp3) is 0.364. The molecule has 0 fully saturated rings. The molecule has 0 aliphatic heterocycles. The van der Waals surface area contributed by atoms with Crippen LogP contribution >= 0.6 is 0 Å². The number of aromatic amines is 1. The van der Waals surface area contributed by atoms with Crippen LogP contribution in [0.5, 0.6) is 0 Å². The Morgan fingerprint density at radius 2 is 2.26 bits per heavy atom. The zero-order valence-corrected chi connectivity index (χ0v) is 11.5. The van der Waals surface area contributed by atoms with Gasteiger partial charge in [-0.25, -0.2) is 13.1 Å². The maximum absolute atomic E-state index is 12.0. The summed E-state index contributed by atoms with van der Waals surface area (Å²) in [5.74, 6) is 0. The average Bonchev–Trinajstić information content (AvgIpc) is 2.97. The molecular weight excluding hydrogens is 268 g/mol. The van der Waals surface area contributed by atoms with Gasteiger partial charge in [-0.15, -0.1) is 0 Å². The van der Waals surface area contributed by atoms with Gasteiger partial charge in [-0.1, -0.05) is 0 Å². The summed E-state index contributed by atoms with van der Waals surface area (Å²) in [7, 11) is -1.79. The van der Waals surface area contributed by atoms with E-state index in [2.05, 4.69) is 14.8 Å². The third-order valence-corrected chi connectivity index (χ3v) is 4.37. The van der Waals surface area contributed by atoms with E-state index in [0.29, 0.717) is 5.69 Å². The second-order valence-corrected chi connectivity index (χ2v) is 5.99. The third-order valence-electron chi connectivity index (χ3n) is 2.99. The number of sulfonamides is 1. The van der Waals surface area contributed by atoms with Crippen LogP contribution in [-0.4, -0.2) is 28.3 Å². The van der Waals surface area contributed by atoms with Gasteiger partial charge in [0.1, 0.15) is 0 Å².